The molecule has 282 valence electrons. The number of rotatable bonds is 8. The van der Waals surface area contributed by atoms with E-state index in [1.807, 2.05) is 0 Å². The average molecular weight is 765 g/mol. The third-order valence-corrected chi connectivity index (χ3v) is 11.8. The number of hydrogen-bond acceptors (Lipinski definition) is 1. The molecule has 0 saturated carbocycles. The van der Waals surface area contributed by atoms with Crippen molar-refractivity contribution in [3.05, 3.63) is 243 Å². The van der Waals surface area contributed by atoms with E-state index in [2.05, 4.69) is 252 Å². The molecule has 0 aliphatic rings. The maximum atomic E-state index is 2.43. The Bertz CT molecular complexity index is 3290. The molecule has 2 nitrogen and oxygen atoms in total. The zero-order valence-corrected chi connectivity index (χ0v) is 33.0. The molecule has 0 spiro atoms. The van der Waals surface area contributed by atoms with E-state index in [0.29, 0.717) is 0 Å². The van der Waals surface area contributed by atoms with Crippen LogP contribution in [0.5, 0.6) is 0 Å². The Morgan fingerprint density at radius 1 is 0.300 bits per heavy atom. The second-order valence-corrected chi connectivity index (χ2v) is 15.3. The summed E-state index contributed by atoms with van der Waals surface area (Å²) in [4.78, 5) is 2.43. The van der Waals surface area contributed by atoms with Crippen molar-refractivity contribution < 1.29 is 0 Å². The van der Waals surface area contributed by atoms with Gasteiger partial charge >= 0.3 is 0 Å². The molecule has 11 rings (SSSR count). The maximum absolute atomic E-state index is 2.43. The Morgan fingerprint density at radius 3 is 1.67 bits per heavy atom. The van der Waals surface area contributed by atoms with E-state index in [1.165, 1.54) is 60.4 Å². The van der Waals surface area contributed by atoms with Crippen LogP contribution in [0.3, 0.4) is 0 Å². The smallest absolute Gasteiger partial charge is 0.0547 e. The van der Waals surface area contributed by atoms with Gasteiger partial charge in [-0.05, 0) is 110 Å². The second kappa shape index (κ2) is 15.1. The minimum absolute atomic E-state index is 1.08. The molecule has 0 radical (unpaired) electrons. The van der Waals surface area contributed by atoms with Gasteiger partial charge in [-0.3, -0.25) is 0 Å². The van der Waals surface area contributed by atoms with Crippen LogP contribution >= 0.6 is 0 Å². The van der Waals surface area contributed by atoms with Crippen LogP contribution < -0.4 is 4.90 Å². The van der Waals surface area contributed by atoms with Gasteiger partial charge in [0.15, 0.2) is 0 Å². The molecule has 0 aliphatic heterocycles. The maximum Gasteiger partial charge on any atom is 0.0547 e. The van der Waals surface area contributed by atoms with Gasteiger partial charge in [-0.1, -0.05) is 182 Å². The molecule has 0 bridgehead atoms. The molecule has 2 heteroatoms. The Balaban J connectivity index is 1.12. The van der Waals surface area contributed by atoms with Crippen LogP contribution in [0.1, 0.15) is 0 Å². The van der Waals surface area contributed by atoms with Gasteiger partial charge in [0.2, 0.25) is 0 Å². The van der Waals surface area contributed by atoms with Crippen LogP contribution in [0.15, 0.2) is 243 Å². The van der Waals surface area contributed by atoms with Crippen molar-refractivity contribution in [1.82, 2.24) is 4.57 Å². The van der Waals surface area contributed by atoms with Crippen molar-refractivity contribution in [3.63, 3.8) is 0 Å². The molecular formula is C58H40N2. The Kier molecular flexibility index (Phi) is 8.87. The summed E-state index contributed by atoms with van der Waals surface area (Å²) in [6.07, 6.45) is 0. The molecule has 0 amide bonds. The van der Waals surface area contributed by atoms with Crippen molar-refractivity contribution in [2.24, 2.45) is 0 Å². The first-order chi connectivity index (χ1) is 29.8. The lowest BCUT2D eigenvalue weighted by Gasteiger charge is -2.29. The van der Waals surface area contributed by atoms with E-state index in [0.717, 1.165) is 39.4 Å². The fourth-order valence-corrected chi connectivity index (χ4v) is 9.01. The lowest BCUT2D eigenvalue weighted by Crippen LogP contribution is -2.11. The van der Waals surface area contributed by atoms with Crippen molar-refractivity contribution in [2.45, 2.75) is 0 Å². The fraction of sp³-hybridized carbons (Fsp3) is 0. The highest BCUT2D eigenvalue weighted by Crippen LogP contribution is 2.45. The lowest BCUT2D eigenvalue weighted by molar-refractivity contribution is 1.18. The highest BCUT2D eigenvalue weighted by Gasteiger charge is 2.21. The van der Waals surface area contributed by atoms with Gasteiger partial charge < -0.3 is 9.47 Å². The van der Waals surface area contributed by atoms with Gasteiger partial charge in [-0.15, -0.1) is 0 Å². The minimum Gasteiger partial charge on any atom is -0.310 e. The monoisotopic (exact) mass is 764 g/mol. The summed E-state index contributed by atoms with van der Waals surface area (Å²) >= 11 is 0. The lowest BCUT2D eigenvalue weighted by atomic mass is 9.95. The third kappa shape index (κ3) is 6.23. The van der Waals surface area contributed by atoms with E-state index in [1.54, 1.807) is 0 Å². The Labute approximate surface area is 350 Å². The summed E-state index contributed by atoms with van der Waals surface area (Å²) in [5.74, 6) is 0. The van der Waals surface area contributed by atoms with Crippen LogP contribution in [0, 0.1) is 0 Å². The van der Waals surface area contributed by atoms with Crippen LogP contribution in [-0.4, -0.2) is 4.57 Å². The van der Waals surface area contributed by atoms with E-state index in [-0.39, 0.29) is 0 Å². The largest absolute Gasteiger partial charge is 0.310 e. The summed E-state index contributed by atoms with van der Waals surface area (Å²) < 4.78 is 2.39. The van der Waals surface area contributed by atoms with Crippen LogP contribution in [0.4, 0.5) is 17.1 Å². The zero-order valence-electron chi connectivity index (χ0n) is 33.0. The second-order valence-electron chi connectivity index (χ2n) is 15.3. The average Bonchev–Trinajstić information content (AvgIpc) is 3.67. The zero-order chi connectivity index (χ0) is 39.8. The number of anilines is 3. The minimum atomic E-state index is 1.08. The normalized spacial score (nSPS) is 11.3. The summed E-state index contributed by atoms with van der Waals surface area (Å²) in [7, 11) is 0. The number of nitrogens with zero attached hydrogens (tertiary/aromatic N) is 2. The highest BCUT2D eigenvalue weighted by atomic mass is 15.1. The van der Waals surface area contributed by atoms with E-state index >= 15 is 0 Å². The summed E-state index contributed by atoms with van der Waals surface area (Å²) in [6, 6.07) is 87.9. The Morgan fingerprint density at radius 2 is 0.867 bits per heavy atom. The van der Waals surface area contributed by atoms with Gasteiger partial charge in [-0.25, -0.2) is 0 Å². The van der Waals surface area contributed by atoms with E-state index in [9.17, 15) is 0 Å². The summed E-state index contributed by atoms with van der Waals surface area (Å²) in [5.41, 5.74) is 16.3. The third-order valence-electron chi connectivity index (χ3n) is 11.8. The molecule has 11 aromatic rings. The fourth-order valence-electron chi connectivity index (χ4n) is 9.01. The number of hydrogen-bond donors (Lipinski definition) is 0. The molecule has 1 heterocycles. The van der Waals surface area contributed by atoms with Crippen molar-refractivity contribution >= 4 is 49.6 Å². The van der Waals surface area contributed by atoms with Gasteiger partial charge in [0, 0.05) is 33.4 Å². The standard InChI is InChI=1S/C58H40N2/c1-4-17-41(18-5-1)45-35-38-56(54(40-45)43-19-6-2-7-20-43)59(48-36-33-44(34-37-48)51-29-15-22-42-21-10-11-27-50(42)51)49-26-14-23-46(39-49)52-30-16-32-57-58(52)53-28-12-13-31-55(53)60(57)47-24-8-3-9-25-47/h1-40H. The number of aromatic nitrogens is 1. The van der Waals surface area contributed by atoms with Crippen LogP contribution in [0.25, 0.3) is 82.8 Å². The van der Waals surface area contributed by atoms with Crippen molar-refractivity contribution in [3.8, 4) is 50.2 Å². The quantitative estimate of drug-likeness (QED) is 0.150. The van der Waals surface area contributed by atoms with Crippen molar-refractivity contribution in [1.29, 1.82) is 0 Å². The van der Waals surface area contributed by atoms with Crippen LogP contribution in [-0.2, 0) is 0 Å². The van der Waals surface area contributed by atoms with Gasteiger partial charge in [0.25, 0.3) is 0 Å². The molecule has 0 saturated heterocycles. The molecule has 1 aromatic heterocycles. The molecular weight excluding hydrogens is 725 g/mol. The number of fused-ring (bicyclic) bond motifs is 4. The first kappa shape index (κ1) is 35.2. The highest BCUT2D eigenvalue weighted by molar-refractivity contribution is 6.16. The number of para-hydroxylation sites is 2. The predicted molar refractivity (Wildman–Crippen MR) is 255 cm³/mol. The first-order valence-corrected chi connectivity index (χ1v) is 20.6. The van der Waals surface area contributed by atoms with Gasteiger partial charge in [0.1, 0.15) is 0 Å². The SMILES string of the molecule is c1ccc(-c2ccc(N(c3ccc(-c4cccc5ccccc45)cc3)c3cccc(-c4cccc5c4c4ccccc4n5-c4ccccc4)c3)c(-c3ccccc3)c2)cc1. The predicted octanol–water partition coefficient (Wildman–Crippen LogP) is 16.1. The molecule has 0 aliphatic carbocycles. The molecule has 0 atom stereocenters. The molecule has 0 fully saturated rings. The Hall–Kier alpha value is -7.94. The summed E-state index contributed by atoms with van der Waals surface area (Å²) in [6.45, 7) is 0. The van der Waals surface area contributed by atoms with Crippen molar-refractivity contribution in [2.75, 3.05) is 4.90 Å². The molecule has 10 aromatic carbocycles. The van der Waals surface area contributed by atoms with E-state index in [4.69, 9.17) is 0 Å². The van der Waals surface area contributed by atoms with Crippen LogP contribution in [0.2, 0.25) is 0 Å². The van der Waals surface area contributed by atoms with E-state index < -0.39 is 0 Å². The van der Waals surface area contributed by atoms with Gasteiger partial charge in [0.05, 0.1) is 16.7 Å². The molecule has 0 N–H and O–H groups in total. The molecule has 60 heavy (non-hydrogen) atoms. The summed E-state index contributed by atoms with van der Waals surface area (Å²) in [5, 5.41) is 4.98. The topological polar surface area (TPSA) is 8.17 Å². The van der Waals surface area contributed by atoms with Gasteiger partial charge in [-0.2, -0.15) is 0 Å². The number of benzene rings is 10. The first-order valence-electron chi connectivity index (χ1n) is 20.6. The molecule has 0 unspecified atom stereocenters.